The van der Waals surface area contributed by atoms with Crippen molar-refractivity contribution in [3.8, 4) is 72.4 Å². The summed E-state index contributed by atoms with van der Waals surface area (Å²) in [5.74, 6) is 0. The van der Waals surface area contributed by atoms with Gasteiger partial charge < -0.3 is 9.47 Å². The van der Waals surface area contributed by atoms with Crippen LogP contribution in [0.25, 0.3) is 116 Å². The van der Waals surface area contributed by atoms with Gasteiger partial charge in [0.2, 0.25) is 0 Å². The molecule has 356 valence electrons. The number of hydrogen-bond acceptors (Lipinski definition) is 1. The molecule has 0 aliphatic rings. The van der Waals surface area contributed by atoms with Gasteiger partial charge >= 0.3 is 0 Å². The Bertz CT molecular complexity index is 4450. The molecule has 14 rings (SSSR count). The number of anilines is 3. The molecule has 0 aliphatic carbocycles. The molecule has 0 aliphatic heterocycles. The van der Waals surface area contributed by atoms with Crippen molar-refractivity contribution in [2.45, 2.75) is 0 Å². The molecule has 0 N–H and O–H groups in total. The van der Waals surface area contributed by atoms with Gasteiger partial charge in [0.05, 0.1) is 11.0 Å². The molecule has 1 aromatic heterocycles. The van der Waals surface area contributed by atoms with Gasteiger partial charge in [-0.2, -0.15) is 0 Å². The van der Waals surface area contributed by atoms with Gasteiger partial charge in [0.1, 0.15) is 0 Å². The summed E-state index contributed by atoms with van der Waals surface area (Å²) < 4.78 is 2.47. The summed E-state index contributed by atoms with van der Waals surface area (Å²) in [6.07, 6.45) is 0. The van der Waals surface area contributed by atoms with Gasteiger partial charge in [0, 0.05) is 33.5 Å². The normalized spacial score (nSPS) is 11.4. The van der Waals surface area contributed by atoms with Crippen molar-refractivity contribution in [2.75, 3.05) is 4.90 Å². The molecule has 0 radical (unpaired) electrons. The van der Waals surface area contributed by atoms with Crippen molar-refractivity contribution in [1.82, 2.24) is 4.57 Å². The second-order valence-electron chi connectivity index (χ2n) is 19.7. The Kier molecular flexibility index (Phi) is 11.2. The van der Waals surface area contributed by atoms with Crippen molar-refractivity contribution >= 4 is 60.4 Å². The zero-order chi connectivity index (χ0) is 50.4. The van der Waals surface area contributed by atoms with Crippen LogP contribution in [0.5, 0.6) is 0 Å². The average molecular weight is 967 g/mol. The summed E-state index contributed by atoms with van der Waals surface area (Å²) in [5.41, 5.74) is 21.0. The van der Waals surface area contributed by atoms with Crippen LogP contribution in [0.4, 0.5) is 17.1 Å². The van der Waals surface area contributed by atoms with Gasteiger partial charge in [-0.3, -0.25) is 0 Å². The van der Waals surface area contributed by atoms with Crippen molar-refractivity contribution < 1.29 is 0 Å². The molecule has 0 bridgehead atoms. The van der Waals surface area contributed by atoms with Gasteiger partial charge in [-0.15, -0.1) is 0 Å². The number of benzene rings is 13. The number of aromatic nitrogens is 1. The van der Waals surface area contributed by atoms with Crippen molar-refractivity contribution in [2.24, 2.45) is 0 Å². The SMILES string of the molecule is c1ccc(-c2cccc(-c3ccc(N(c4ccccc4)c4cccc(-c5ccccc5-c5ccc6c(c5)c5ccccc5n6-c5cc(-c6ccc7ccccc7c6)cc(-c6cccc7ccccc67)c5)c4)cc3)c2)cc1. The zero-order valence-corrected chi connectivity index (χ0v) is 41.8. The Morgan fingerprint density at radius 2 is 0.697 bits per heavy atom. The summed E-state index contributed by atoms with van der Waals surface area (Å²) >= 11 is 0. The molecule has 0 saturated heterocycles. The predicted octanol–water partition coefficient (Wildman–Crippen LogP) is 20.6. The van der Waals surface area contributed by atoms with Gasteiger partial charge in [-0.05, 0) is 173 Å². The maximum Gasteiger partial charge on any atom is 0.0541 e. The summed E-state index contributed by atoms with van der Waals surface area (Å²) in [4.78, 5) is 2.36. The summed E-state index contributed by atoms with van der Waals surface area (Å²) in [6.45, 7) is 0. The Morgan fingerprint density at radius 3 is 1.50 bits per heavy atom. The van der Waals surface area contributed by atoms with Gasteiger partial charge in [0.15, 0.2) is 0 Å². The van der Waals surface area contributed by atoms with E-state index < -0.39 is 0 Å². The number of fused-ring (bicyclic) bond motifs is 5. The summed E-state index contributed by atoms with van der Waals surface area (Å²) in [5, 5.41) is 7.37. The largest absolute Gasteiger partial charge is 0.310 e. The highest BCUT2D eigenvalue weighted by Gasteiger charge is 2.19. The van der Waals surface area contributed by atoms with Crippen LogP contribution in [-0.2, 0) is 0 Å². The first kappa shape index (κ1) is 44.7. The second kappa shape index (κ2) is 19.1. The first-order valence-corrected chi connectivity index (χ1v) is 26.1. The van der Waals surface area contributed by atoms with Gasteiger partial charge in [0.25, 0.3) is 0 Å². The van der Waals surface area contributed by atoms with E-state index in [9.17, 15) is 0 Å². The molecule has 1 heterocycles. The van der Waals surface area contributed by atoms with Crippen LogP contribution in [-0.4, -0.2) is 4.57 Å². The topological polar surface area (TPSA) is 8.17 Å². The molecular formula is C74H50N2. The number of hydrogen-bond donors (Lipinski definition) is 0. The minimum Gasteiger partial charge on any atom is -0.310 e. The van der Waals surface area contributed by atoms with Gasteiger partial charge in [-0.25, -0.2) is 0 Å². The van der Waals surface area contributed by atoms with E-state index in [1.165, 1.54) is 99.0 Å². The maximum absolute atomic E-state index is 2.47. The Hall–Kier alpha value is -10.0. The fourth-order valence-electron chi connectivity index (χ4n) is 11.5. The third-order valence-electron chi connectivity index (χ3n) is 15.1. The van der Waals surface area contributed by atoms with Crippen LogP contribution >= 0.6 is 0 Å². The van der Waals surface area contributed by atoms with Gasteiger partial charge in [-0.1, -0.05) is 218 Å². The smallest absolute Gasteiger partial charge is 0.0541 e. The molecule has 13 aromatic carbocycles. The Labute approximate surface area is 443 Å². The van der Waals surface area contributed by atoms with Crippen molar-refractivity contribution in [3.63, 3.8) is 0 Å². The maximum atomic E-state index is 2.47. The van der Waals surface area contributed by atoms with E-state index in [1.54, 1.807) is 0 Å². The van der Waals surface area contributed by atoms with E-state index in [1.807, 2.05) is 0 Å². The van der Waals surface area contributed by atoms with E-state index in [0.29, 0.717) is 0 Å². The number of para-hydroxylation sites is 2. The van der Waals surface area contributed by atoms with Crippen molar-refractivity contribution in [1.29, 1.82) is 0 Å². The van der Waals surface area contributed by atoms with Crippen LogP contribution in [0.15, 0.2) is 303 Å². The van der Waals surface area contributed by atoms with E-state index in [2.05, 4.69) is 313 Å². The highest BCUT2D eigenvalue weighted by molar-refractivity contribution is 6.11. The Balaban J connectivity index is 0.864. The molecule has 0 unspecified atom stereocenters. The fraction of sp³-hybridized carbons (Fsp3) is 0. The molecule has 2 nitrogen and oxygen atoms in total. The van der Waals surface area contributed by atoms with Crippen LogP contribution in [0.1, 0.15) is 0 Å². The standard InChI is InChI=1S/C74H50N2/c1-3-18-51(19-4-1)56-24-15-25-57(44-56)53-38-41-64(42-39-53)75(63-27-5-2-6-28-63)65-29-16-26-59(47-65)68-31-11-12-32-69(68)60-40-43-74-72(50-60)71-33-13-14-35-73(71)76(74)66-48-61(58-37-36-52-20-7-8-22-55(52)45-58)46-62(49-66)70-34-17-23-54-21-9-10-30-67(54)70/h1-50H. The molecular weight excluding hydrogens is 917 g/mol. The second-order valence-corrected chi connectivity index (χ2v) is 19.7. The molecule has 0 fully saturated rings. The molecule has 0 spiro atoms. The van der Waals surface area contributed by atoms with Crippen LogP contribution in [0.2, 0.25) is 0 Å². The monoisotopic (exact) mass is 966 g/mol. The first-order valence-electron chi connectivity index (χ1n) is 26.1. The van der Waals surface area contributed by atoms with Crippen LogP contribution in [0, 0.1) is 0 Å². The lowest BCUT2D eigenvalue weighted by molar-refractivity contribution is 1.18. The molecule has 2 heteroatoms. The number of rotatable bonds is 10. The quantitative estimate of drug-likeness (QED) is 0.133. The molecule has 76 heavy (non-hydrogen) atoms. The highest BCUT2D eigenvalue weighted by atomic mass is 15.1. The van der Waals surface area contributed by atoms with E-state index >= 15 is 0 Å². The van der Waals surface area contributed by atoms with Crippen LogP contribution in [0.3, 0.4) is 0 Å². The average Bonchev–Trinajstić information content (AvgIpc) is 3.83. The minimum atomic E-state index is 1.09. The van der Waals surface area contributed by atoms with E-state index in [-0.39, 0.29) is 0 Å². The highest BCUT2D eigenvalue weighted by Crippen LogP contribution is 2.43. The van der Waals surface area contributed by atoms with E-state index in [0.717, 1.165) is 33.8 Å². The molecule has 0 saturated carbocycles. The number of nitrogens with zero attached hydrogens (tertiary/aromatic N) is 2. The predicted molar refractivity (Wildman–Crippen MR) is 323 cm³/mol. The van der Waals surface area contributed by atoms with Crippen LogP contribution < -0.4 is 4.90 Å². The van der Waals surface area contributed by atoms with Crippen molar-refractivity contribution in [3.05, 3.63) is 303 Å². The lowest BCUT2D eigenvalue weighted by Gasteiger charge is -2.26. The minimum absolute atomic E-state index is 1.09. The zero-order valence-electron chi connectivity index (χ0n) is 41.8. The summed E-state index contributed by atoms with van der Waals surface area (Å²) in [6, 6.07) is 111. The fourth-order valence-corrected chi connectivity index (χ4v) is 11.5. The lowest BCUT2D eigenvalue weighted by atomic mass is 9.93. The van der Waals surface area contributed by atoms with E-state index in [4.69, 9.17) is 0 Å². The Morgan fingerprint density at radius 1 is 0.211 bits per heavy atom. The molecule has 0 atom stereocenters. The molecule has 0 amide bonds. The third kappa shape index (κ3) is 8.19. The third-order valence-corrected chi connectivity index (χ3v) is 15.1. The lowest BCUT2D eigenvalue weighted by Crippen LogP contribution is -2.09. The summed E-state index contributed by atoms with van der Waals surface area (Å²) in [7, 11) is 0. The molecule has 14 aromatic rings. The first-order chi connectivity index (χ1) is 37.7.